The number of carbonyl (C=O) groups is 2. The molecule has 0 aromatic heterocycles. The van der Waals surface area contributed by atoms with E-state index in [-0.39, 0.29) is 18.8 Å². The molecule has 1 aromatic rings. The van der Waals surface area contributed by atoms with Gasteiger partial charge in [-0.15, -0.1) is 0 Å². The number of Topliss-reactive ketones (excluding diaryl/α,β-unsaturated/α-hetero) is 1. The van der Waals surface area contributed by atoms with Gasteiger partial charge in [0.25, 0.3) is 0 Å². The number of rotatable bonds is 5. The lowest BCUT2D eigenvalue weighted by Gasteiger charge is -2.13. The fraction of sp³-hybridized carbons (Fsp3) is 0.385. The zero-order chi connectivity index (χ0) is 13.7. The highest BCUT2D eigenvalue weighted by Gasteiger charge is 2.23. The first-order valence-electron chi connectivity index (χ1n) is 5.59. The Hall–Kier alpha value is -1.06. The third kappa shape index (κ3) is 3.72. The van der Waals surface area contributed by atoms with Crippen molar-refractivity contribution in [3.63, 3.8) is 0 Å². The summed E-state index contributed by atoms with van der Waals surface area (Å²) in [6.07, 6.45) is -0.267. The molecule has 1 rings (SSSR count). The summed E-state index contributed by atoms with van der Waals surface area (Å²) in [6.45, 7) is 3.62. The van der Waals surface area contributed by atoms with E-state index >= 15 is 0 Å². The lowest BCUT2D eigenvalue weighted by Crippen LogP contribution is -2.16. The first-order valence-corrected chi connectivity index (χ1v) is 6.35. The standard InChI is InChI=1S/C13H14Cl2O3/c1-3-18-12(17)7-11(16)8(2)13-9(14)5-4-6-10(13)15/h4-6,8H,3,7H2,1-2H3/t8-/m1/s1. The zero-order valence-electron chi connectivity index (χ0n) is 10.2. The Kier molecular flexibility index (Phi) is 5.63. The Bertz CT molecular complexity index is 437. The van der Waals surface area contributed by atoms with Crippen LogP contribution in [0.3, 0.4) is 0 Å². The summed E-state index contributed by atoms with van der Waals surface area (Å²) in [5, 5.41) is 0.847. The van der Waals surface area contributed by atoms with Crippen LogP contribution in [-0.4, -0.2) is 18.4 Å². The van der Waals surface area contributed by atoms with Crippen molar-refractivity contribution >= 4 is 35.0 Å². The molecule has 0 aliphatic carbocycles. The zero-order valence-corrected chi connectivity index (χ0v) is 11.7. The number of hydrogen-bond acceptors (Lipinski definition) is 3. The van der Waals surface area contributed by atoms with E-state index in [1.54, 1.807) is 32.0 Å². The largest absolute Gasteiger partial charge is 0.466 e. The molecule has 3 nitrogen and oxygen atoms in total. The maximum atomic E-state index is 11.9. The molecule has 0 unspecified atom stereocenters. The van der Waals surface area contributed by atoms with Crippen LogP contribution in [0.15, 0.2) is 18.2 Å². The second kappa shape index (κ2) is 6.76. The average Bonchev–Trinajstić information content (AvgIpc) is 2.28. The summed E-state index contributed by atoms with van der Waals surface area (Å²) in [4.78, 5) is 23.2. The molecule has 0 radical (unpaired) electrons. The highest BCUT2D eigenvalue weighted by molar-refractivity contribution is 6.36. The van der Waals surface area contributed by atoms with Crippen LogP contribution in [-0.2, 0) is 14.3 Å². The number of esters is 1. The maximum Gasteiger partial charge on any atom is 0.313 e. The molecular weight excluding hydrogens is 275 g/mol. The quantitative estimate of drug-likeness (QED) is 0.614. The van der Waals surface area contributed by atoms with E-state index in [1.165, 1.54) is 0 Å². The number of benzene rings is 1. The minimum absolute atomic E-state index is 0.257. The van der Waals surface area contributed by atoms with Crippen molar-refractivity contribution < 1.29 is 14.3 Å². The maximum absolute atomic E-state index is 11.9. The molecule has 0 N–H and O–H groups in total. The van der Waals surface area contributed by atoms with Gasteiger partial charge in [0, 0.05) is 16.0 Å². The fourth-order valence-electron chi connectivity index (χ4n) is 1.59. The summed E-state index contributed by atoms with van der Waals surface area (Å²) < 4.78 is 4.73. The predicted octanol–water partition coefficient (Wildman–Crippen LogP) is 3.62. The molecule has 5 heteroatoms. The molecule has 0 spiro atoms. The van der Waals surface area contributed by atoms with E-state index in [0.717, 1.165) is 0 Å². The van der Waals surface area contributed by atoms with Gasteiger partial charge in [-0.1, -0.05) is 36.2 Å². The smallest absolute Gasteiger partial charge is 0.313 e. The molecule has 0 fully saturated rings. The molecule has 0 saturated carbocycles. The third-order valence-electron chi connectivity index (χ3n) is 2.54. The van der Waals surface area contributed by atoms with Crippen LogP contribution in [0.5, 0.6) is 0 Å². The van der Waals surface area contributed by atoms with Crippen molar-refractivity contribution in [1.29, 1.82) is 0 Å². The molecule has 0 aliphatic heterocycles. The van der Waals surface area contributed by atoms with Crippen molar-refractivity contribution in [3.05, 3.63) is 33.8 Å². The van der Waals surface area contributed by atoms with Crippen LogP contribution in [0.25, 0.3) is 0 Å². The van der Waals surface area contributed by atoms with Crippen molar-refractivity contribution in [3.8, 4) is 0 Å². The normalized spacial score (nSPS) is 12.0. The topological polar surface area (TPSA) is 43.4 Å². The van der Waals surface area contributed by atoms with Crippen LogP contribution in [0.4, 0.5) is 0 Å². The van der Waals surface area contributed by atoms with E-state index in [0.29, 0.717) is 15.6 Å². The fourth-order valence-corrected chi connectivity index (χ4v) is 2.32. The molecule has 18 heavy (non-hydrogen) atoms. The van der Waals surface area contributed by atoms with E-state index in [9.17, 15) is 9.59 Å². The Balaban J connectivity index is 2.84. The molecule has 1 atom stereocenters. The van der Waals surface area contributed by atoms with Crippen LogP contribution < -0.4 is 0 Å². The number of carbonyl (C=O) groups excluding carboxylic acids is 2. The van der Waals surface area contributed by atoms with E-state index in [4.69, 9.17) is 27.9 Å². The van der Waals surface area contributed by atoms with Gasteiger partial charge in [0.1, 0.15) is 6.42 Å². The molecular formula is C13H14Cl2O3. The second-order valence-corrected chi connectivity index (χ2v) is 4.62. The first-order chi connectivity index (χ1) is 8.47. The molecule has 0 heterocycles. The Labute approximate surface area is 116 Å². The van der Waals surface area contributed by atoms with Crippen molar-refractivity contribution in [2.75, 3.05) is 6.61 Å². The predicted molar refractivity (Wildman–Crippen MR) is 71.1 cm³/mol. The summed E-state index contributed by atoms with van der Waals surface area (Å²) in [7, 11) is 0. The molecule has 98 valence electrons. The summed E-state index contributed by atoms with van der Waals surface area (Å²) >= 11 is 12.0. The first kappa shape index (κ1) is 15.0. The summed E-state index contributed by atoms with van der Waals surface area (Å²) in [5.41, 5.74) is 0.551. The minimum Gasteiger partial charge on any atom is -0.466 e. The number of ether oxygens (including phenoxy) is 1. The van der Waals surface area contributed by atoms with Gasteiger partial charge >= 0.3 is 5.97 Å². The van der Waals surface area contributed by atoms with E-state index in [2.05, 4.69) is 0 Å². The monoisotopic (exact) mass is 288 g/mol. The van der Waals surface area contributed by atoms with Gasteiger partial charge in [-0.05, 0) is 24.6 Å². The van der Waals surface area contributed by atoms with Gasteiger partial charge in [0.05, 0.1) is 6.61 Å². The highest BCUT2D eigenvalue weighted by Crippen LogP contribution is 2.32. The summed E-state index contributed by atoms with van der Waals surface area (Å²) in [6, 6.07) is 5.03. The van der Waals surface area contributed by atoms with Gasteiger partial charge in [-0.3, -0.25) is 9.59 Å². The molecule has 0 aliphatic rings. The molecule has 0 bridgehead atoms. The second-order valence-electron chi connectivity index (χ2n) is 3.81. The van der Waals surface area contributed by atoms with E-state index < -0.39 is 11.9 Å². The van der Waals surface area contributed by atoms with Crippen LogP contribution in [0.2, 0.25) is 10.0 Å². The highest BCUT2D eigenvalue weighted by atomic mass is 35.5. The van der Waals surface area contributed by atoms with Crippen LogP contribution >= 0.6 is 23.2 Å². The van der Waals surface area contributed by atoms with Crippen molar-refractivity contribution in [1.82, 2.24) is 0 Å². The van der Waals surface area contributed by atoms with Gasteiger partial charge in [-0.2, -0.15) is 0 Å². The van der Waals surface area contributed by atoms with Crippen molar-refractivity contribution in [2.24, 2.45) is 0 Å². The lowest BCUT2D eigenvalue weighted by molar-refractivity contribution is -0.145. The SMILES string of the molecule is CCOC(=O)CC(=O)[C@@H](C)c1c(Cl)cccc1Cl. The van der Waals surface area contributed by atoms with Gasteiger partial charge < -0.3 is 4.74 Å². The lowest BCUT2D eigenvalue weighted by atomic mass is 9.95. The molecule has 0 amide bonds. The number of ketones is 1. The Morgan fingerprint density at radius 3 is 2.33 bits per heavy atom. The molecule has 0 saturated heterocycles. The van der Waals surface area contributed by atoms with Crippen molar-refractivity contribution in [2.45, 2.75) is 26.2 Å². The van der Waals surface area contributed by atoms with Gasteiger partial charge in [0.15, 0.2) is 5.78 Å². The Morgan fingerprint density at radius 2 is 1.83 bits per heavy atom. The third-order valence-corrected chi connectivity index (χ3v) is 3.20. The minimum atomic E-state index is -0.532. The molecule has 1 aromatic carbocycles. The van der Waals surface area contributed by atoms with Crippen LogP contribution in [0, 0.1) is 0 Å². The Morgan fingerprint density at radius 1 is 1.28 bits per heavy atom. The average molecular weight is 289 g/mol. The van der Waals surface area contributed by atoms with Gasteiger partial charge in [-0.25, -0.2) is 0 Å². The summed E-state index contributed by atoms with van der Waals surface area (Å²) in [5.74, 6) is -1.32. The van der Waals surface area contributed by atoms with E-state index in [1.807, 2.05) is 0 Å². The number of hydrogen-bond donors (Lipinski definition) is 0. The number of halogens is 2. The van der Waals surface area contributed by atoms with Crippen LogP contribution in [0.1, 0.15) is 31.7 Å². The van der Waals surface area contributed by atoms with Gasteiger partial charge in [0.2, 0.25) is 0 Å².